The van der Waals surface area contributed by atoms with Crippen LogP contribution in [-0.4, -0.2) is 35.0 Å². The molecule has 5 nitrogen and oxygen atoms in total. The van der Waals surface area contributed by atoms with Crippen LogP contribution in [-0.2, 0) is 9.59 Å². The number of allylic oxidation sites excluding steroid dienone is 1. The van der Waals surface area contributed by atoms with Crippen molar-refractivity contribution >= 4 is 23.6 Å². The average Bonchev–Trinajstić information content (AvgIpc) is 3.05. The first-order chi connectivity index (χ1) is 9.88. The number of carbonyl (C=O) groups is 2. The third-order valence-electron chi connectivity index (χ3n) is 3.67. The quantitative estimate of drug-likeness (QED) is 0.423. The number of carboxylic acids is 1. The van der Waals surface area contributed by atoms with Crippen molar-refractivity contribution < 1.29 is 14.7 Å². The molecule has 1 aliphatic carbocycles. The van der Waals surface area contributed by atoms with Crippen LogP contribution in [0.3, 0.4) is 0 Å². The molecule has 0 heterocycles. The SMILES string of the molecule is CC1(C)C[C@H]1C(=O)N/C(=C\CCCCSCCN)C(=O)O. The first-order valence-corrected chi connectivity index (χ1v) is 8.56. The predicted molar refractivity (Wildman–Crippen MR) is 86.0 cm³/mol. The Labute approximate surface area is 130 Å². The van der Waals surface area contributed by atoms with Crippen LogP contribution in [0.5, 0.6) is 0 Å². The van der Waals surface area contributed by atoms with Crippen LogP contribution < -0.4 is 11.1 Å². The van der Waals surface area contributed by atoms with Gasteiger partial charge in [0.2, 0.25) is 5.91 Å². The van der Waals surface area contributed by atoms with Crippen LogP contribution in [0.2, 0.25) is 0 Å². The van der Waals surface area contributed by atoms with E-state index < -0.39 is 5.97 Å². The van der Waals surface area contributed by atoms with Gasteiger partial charge >= 0.3 is 5.97 Å². The van der Waals surface area contributed by atoms with E-state index in [9.17, 15) is 9.59 Å². The van der Waals surface area contributed by atoms with Crippen molar-refractivity contribution in [3.8, 4) is 0 Å². The maximum atomic E-state index is 11.9. The number of nitrogens with two attached hydrogens (primary N) is 1. The van der Waals surface area contributed by atoms with Crippen molar-refractivity contribution in [2.24, 2.45) is 17.1 Å². The summed E-state index contributed by atoms with van der Waals surface area (Å²) in [5, 5.41) is 11.7. The second kappa shape index (κ2) is 8.44. The van der Waals surface area contributed by atoms with Gasteiger partial charge in [-0.15, -0.1) is 0 Å². The van der Waals surface area contributed by atoms with Gasteiger partial charge in [0.25, 0.3) is 0 Å². The predicted octanol–water partition coefficient (Wildman–Crippen LogP) is 1.98. The van der Waals surface area contributed by atoms with Crippen LogP contribution in [0.1, 0.15) is 39.5 Å². The molecule has 1 aliphatic rings. The summed E-state index contributed by atoms with van der Waals surface area (Å²) in [7, 11) is 0. The summed E-state index contributed by atoms with van der Waals surface area (Å²) < 4.78 is 0. The minimum Gasteiger partial charge on any atom is -0.477 e. The Morgan fingerprint density at radius 1 is 1.38 bits per heavy atom. The lowest BCUT2D eigenvalue weighted by Crippen LogP contribution is -2.29. The Hall–Kier alpha value is -1.01. The van der Waals surface area contributed by atoms with Crippen LogP contribution in [0, 0.1) is 11.3 Å². The summed E-state index contributed by atoms with van der Waals surface area (Å²) in [5.41, 5.74) is 5.42. The Morgan fingerprint density at radius 3 is 2.57 bits per heavy atom. The zero-order chi connectivity index (χ0) is 15.9. The van der Waals surface area contributed by atoms with Gasteiger partial charge in [0.15, 0.2) is 0 Å². The molecule has 0 aromatic heterocycles. The summed E-state index contributed by atoms with van der Waals surface area (Å²) >= 11 is 1.81. The molecule has 0 saturated heterocycles. The number of hydrogen-bond acceptors (Lipinski definition) is 4. The van der Waals surface area contributed by atoms with E-state index in [1.54, 1.807) is 6.08 Å². The van der Waals surface area contributed by atoms with E-state index in [1.165, 1.54) is 0 Å². The normalized spacial score (nSPS) is 20.1. The number of hydrogen-bond donors (Lipinski definition) is 3. The number of amides is 1. The molecule has 0 unspecified atom stereocenters. The van der Waals surface area contributed by atoms with Crippen molar-refractivity contribution in [1.29, 1.82) is 0 Å². The van der Waals surface area contributed by atoms with Gasteiger partial charge in [0, 0.05) is 18.2 Å². The molecule has 0 aromatic carbocycles. The number of nitrogens with one attached hydrogen (secondary N) is 1. The lowest BCUT2D eigenvalue weighted by Gasteiger charge is -2.07. The maximum Gasteiger partial charge on any atom is 0.352 e. The highest BCUT2D eigenvalue weighted by molar-refractivity contribution is 7.99. The van der Waals surface area contributed by atoms with Gasteiger partial charge in [0.1, 0.15) is 5.70 Å². The number of carboxylic acid groups (broad SMARTS) is 1. The van der Waals surface area contributed by atoms with E-state index in [1.807, 2.05) is 25.6 Å². The summed E-state index contributed by atoms with van der Waals surface area (Å²) in [4.78, 5) is 23.1. The first-order valence-electron chi connectivity index (χ1n) is 7.40. The highest BCUT2D eigenvalue weighted by Crippen LogP contribution is 2.51. The van der Waals surface area contributed by atoms with Gasteiger partial charge < -0.3 is 16.2 Å². The molecular formula is C15H26N2O3S. The van der Waals surface area contributed by atoms with Crippen LogP contribution in [0.25, 0.3) is 0 Å². The molecule has 21 heavy (non-hydrogen) atoms. The van der Waals surface area contributed by atoms with Crippen molar-refractivity contribution in [3.63, 3.8) is 0 Å². The molecular weight excluding hydrogens is 288 g/mol. The fourth-order valence-electron chi connectivity index (χ4n) is 2.11. The smallest absolute Gasteiger partial charge is 0.352 e. The molecule has 4 N–H and O–H groups in total. The number of rotatable bonds is 10. The van der Waals surface area contributed by atoms with Crippen LogP contribution in [0.15, 0.2) is 11.8 Å². The molecule has 0 spiro atoms. The molecule has 120 valence electrons. The molecule has 1 saturated carbocycles. The van der Waals surface area contributed by atoms with Crippen molar-refractivity contribution in [1.82, 2.24) is 5.32 Å². The van der Waals surface area contributed by atoms with Gasteiger partial charge in [-0.1, -0.05) is 19.9 Å². The van der Waals surface area contributed by atoms with E-state index in [2.05, 4.69) is 5.32 Å². The highest BCUT2D eigenvalue weighted by atomic mass is 32.2. The summed E-state index contributed by atoms with van der Waals surface area (Å²) in [6, 6.07) is 0. The number of thioether (sulfide) groups is 1. The fraction of sp³-hybridized carbons (Fsp3) is 0.733. The zero-order valence-electron chi connectivity index (χ0n) is 12.9. The number of unbranched alkanes of at least 4 members (excludes halogenated alkanes) is 2. The minimum atomic E-state index is -1.07. The molecule has 0 aliphatic heterocycles. The molecule has 1 atom stereocenters. The summed E-state index contributed by atoms with van der Waals surface area (Å²) in [6.45, 7) is 4.72. The minimum absolute atomic E-state index is 0.00785. The number of carbonyl (C=O) groups excluding carboxylic acids is 1. The second-order valence-corrected chi connectivity index (χ2v) is 7.28. The molecule has 0 bridgehead atoms. The van der Waals surface area contributed by atoms with E-state index in [0.717, 1.165) is 30.8 Å². The van der Waals surface area contributed by atoms with Crippen molar-refractivity contribution in [2.45, 2.75) is 39.5 Å². The second-order valence-electron chi connectivity index (χ2n) is 6.05. The topological polar surface area (TPSA) is 92.4 Å². The van der Waals surface area contributed by atoms with Gasteiger partial charge in [-0.3, -0.25) is 4.79 Å². The average molecular weight is 314 g/mol. The van der Waals surface area contributed by atoms with E-state index in [-0.39, 0.29) is 22.9 Å². The van der Waals surface area contributed by atoms with Gasteiger partial charge in [-0.05, 0) is 36.9 Å². The first kappa shape index (κ1) is 18.0. The largest absolute Gasteiger partial charge is 0.477 e. The maximum absolute atomic E-state index is 11.9. The van der Waals surface area contributed by atoms with E-state index in [4.69, 9.17) is 10.8 Å². The Bertz CT molecular complexity index is 408. The molecule has 0 aromatic rings. The van der Waals surface area contributed by atoms with E-state index in [0.29, 0.717) is 13.0 Å². The highest BCUT2D eigenvalue weighted by Gasteiger charge is 2.50. The third-order valence-corrected chi connectivity index (χ3v) is 4.77. The monoisotopic (exact) mass is 314 g/mol. The molecule has 1 amide bonds. The standard InChI is InChI=1S/C15H26N2O3S/c1-15(2)10-11(15)13(18)17-12(14(19)20)6-4-3-5-8-21-9-7-16/h6,11H,3-5,7-10,16H2,1-2H3,(H,17,18)(H,19,20)/b12-6-/t11-/m0/s1. The zero-order valence-corrected chi connectivity index (χ0v) is 13.7. The van der Waals surface area contributed by atoms with E-state index >= 15 is 0 Å². The molecule has 1 fully saturated rings. The van der Waals surface area contributed by atoms with Crippen molar-refractivity contribution in [2.75, 3.05) is 18.1 Å². The fourth-order valence-corrected chi connectivity index (χ4v) is 2.89. The molecule has 1 rings (SSSR count). The van der Waals surface area contributed by atoms with Crippen molar-refractivity contribution in [3.05, 3.63) is 11.8 Å². The lowest BCUT2D eigenvalue weighted by molar-refractivity contribution is -0.135. The lowest BCUT2D eigenvalue weighted by atomic mass is 10.1. The molecule has 6 heteroatoms. The van der Waals surface area contributed by atoms with Gasteiger partial charge in [0.05, 0.1) is 0 Å². The molecule has 0 radical (unpaired) electrons. The summed E-state index contributed by atoms with van der Waals surface area (Å²) in [5.74, 6) is 0.693. The van der Waals surface area contributed by atoms with Crippen LogP contribution in [0.4, 0.5) is 0 Å². The Morgan fingerprint density at radius 2 is 2.05 bits per heavy atom. The van der Waals surface area contributed by atoms with Crippen LogP contribution >= 0.6 is 11.8 Å². The number of aliphatic carboxylic acids is 1. The Balaban J connectivity index is 2.31. The van der Waals surface area contributed by atoms with Gasteiger partial charge in [-0.25, -0.2) is 4.79 Å². The Kier molecular flexibility index (Phi) is 7.25. The third kappa shape index (κ3) is 6.52. The summed E-state index contributed by atoms with van der Waals surface area (Å²) in [6.07, 6.45) is 5.04. The van der Waals surface area contributed by atoms with Gasteiger partial charge in [-0.2, -0.15) is 11.8 Å².